The quantitative estimate of drug-likeness (QED) is 0.538. The van der Waals surface area contributed by atoms with E-state index < -0.39 is 0 Å². The number of rotatable bonds is 6. The first kappa shape index (κ1) is 24.3. The molecule has 0 bridgehead atoms. The van der Waals surface area contributed by atoms with Crippen LogP contribution in [0.15, 0.2) is 18.2 Å². The number of carbonyl (C=O) groups is 2. The average Bonchev–Trinajstić information content (AvgIpc) is 2.82. The number of nitrogens with one attached hydrogen (secondary N) is 3. The van der Waals surface area contributed by atoms with Crippen LogP contribution in [0.1, 0.15) is 51.5 Å². The molecule has 1 aliphatic heterocycles. The predicted molar refractivity (Wildman–Crippen MR) is 125 cm³/mol. The van der Waals surface area contributed by atoms with Crippen LogP contribution in [0.4, 0.5) is 10.5 Å². The van der Waals surface area contributed by atoms with E-state index in [1.165, 1.54) is 6.42 Å². The number of aliphatic hydroxyl groups excluding tert-OH is 1. The van der Waals surface area contributed by atoms with E-state index in [9.17, 15) is 14.7 Å². The standard InChI is InChI=1S/C24H38N4O4/c1-16-14-28(17(2)15-29)23(30)12-18-11-20(9-10-21(18)32-22(16)13-25-3)27-24(31)26-19-7-5-4-6-8-19/h9-11,16-17,19,22,25,29H,4-8,12-15H2,1-3H3,(H2,26,27,31)/t16-,17+,22+/m0/s1. The summed E-state index contributed by atoms with van der Waals surface area (Å²) in [7, 11) is 1.88. The molecule has 3 atom stereocenters. The van der Waals surface area contributed by atoms with Gasteiger partial charge in [-0.1, -0.05) is 26.2 Å². The molecule has 0 unspecified atom stereocenters. The Morgan fingerprint density at radius 3 is 2.72 bits per heavy atom. The summed E-state index contributed by atoms with van der Waals surface area (Å²) in [5.41, 5.74) is 1.36. The molecule has 8 nitrogen and oxygen atoms in total. The van der Waals surface area contributed by atoms with Crippen molar-refractivity contribution in [3.8, 4) is 5.75 Å². The molecule has 32 heavy (non-hydrogen) atoms. The number of hydrogen-bond acceptors (Lipinski definition) is 5. The van der Waals surface area contributed by atoms with Crippen LogP contribution in [-0.4, -0.2) is 66.9 Å². The van der Waals surface area contributed by atoms with E-state index in [1.807, 2.05) is 32.2 Å². The number of urea groups is 1. The van der Waals surface area contributed by atoms with Crippen LogP contribution in [0.2, 0.25) is 0 Å². The molecule has 1 aromatic carbocycles. The number of anilines is 1. The van der Waals surface area contributed by atoms with Crippen molar-refractivity contribution in [2.75, 3.05) is 32.1 Å². The number of benzene rings is 1. The Morgan fingerprint density at radius 2 is 2.03 bits per heavy atom. The van der Waals surface area contributed by atoms with E-state index in [0.29, 0.717) is 24.5 Å². The van der Waals surface area contributed by atoms with Gasteiger partial charge in [-0.2, -0.15) is 0 Å². The number of ether oxygens (including phenoxy) is 1. The average molecular weight is 447 g/mol. The number of amides is 3. The smallest absolute Gasteiger partial charge is 0.319 e. The zero-order chi connectivity index (χ0) is 23.1. The normalized spacial score (nSPS) is 23.2. The van der Waals surface area contributed by atoms with Gasteiger partial charge in [0.25, 0.3) is 0 Å². The topological polar surface area (TPSA) is 103 Å². The van der Waals surface area contributed by atoms with Gasteiger partial charge in [-0.05, 0) is 45.0 Å². The largest absolute Gasteiger partial charge is 0.488 e. The van der Waals surface area contributed by atoms with Crippen molar-refractivity contribution in [3.63, 3.8) is 0 Å². The van der Waals surface area contributed by atoms with Gasteiger partial charge < -0.3 is 30.7 Å². The Labute approximate surface area is 191 Å². The Balaban J connectivity index is 1.80. The van der Waals surface area contributed by atoms with Crippen molar-refractivity contribution in [1.29, 1.82) is 0 Å². The Bertz CT molecular complexity index is 781. The third-order valence-corrected chi connectivity index (χ3v) is 6.52. The zero-order valence-corrected chi connectivity index (χ0v) is 19.5. The third-order valence-electron chi connectivity index (χ3n) is 6.52. The summed E-state index contributed by atoms with van der Waals surface area (Å²) in [5, 5.41) is 18.8. The highest BCUT2D eigenvalue weighted by Gasteiger charge is 2.30. The number of hydrogen-bond donors (Lipinski definition) is 4. The first-order valence-corrected chi connectivity index (χ1v) is 11.8. The van der Waals surface area contributed by atoms with E-state index >= 15 is 0 Å². The van der Waals surface area contributed by atoms with Crippen LogP contribution in [0.3, 0.4) is 0 Å². The molecule has 4 N–H and O–H groups in total. The summed E-state index contributed by atoms with van der Waals surface area (Å²) in [6.07, 6.45) is 5.59. The van der Waals surface area contributed by atoms with Crippen molar-refractivity contribution in [2.45, 2.75) is 70.6 Å². The van der Waals surface area contributed by atoms with Crippen molar-refractivity contribution in [2.24, 2.45) is 5.92 Å². The van der Waals surface area contributed by atoms with Gasteiger partial charge in [0.05, 0.1) is 19.1 Å². The number of fused-ring (bicyclic) bond motifs is 1. The second-order valence-corrected chi connectivity index (χ2v) is 9.20. The van der Waals surface area contributed by atoms with Gasteiger partial charge in [0, 0.05) is 36.3 Å². The number of carbonyl (C=O) groups excluding carboxylic acids is 2. The molecule has 1 aromatic rings. The molecule has 178 valence electrons. The molecule has 0 aromatic heterocycles. The molecule has 2 aliphatic rings. The Hall–Kier alpha value is -2.32. The van der Waals surface area contributed by atoms with Crippen molar-refractivity contribution < 1.29 is 19.4 Å². The first-order chi connectivity index (χ1) is 15.4. The maximum atomic E-state index is 13.1. The molecule has 3 amide bonds. The molecule has 1 heterocycles. The summed E-state index contributed by atoms with van der Waals surface area (Å²) in [6.45, 7) is 4.97. The fourth-order valence-electron chi connectivity index (χ4n) is 4.55. The number of likely N-dealkylation sites (N-methyl/N-ethyl adjacent to an activating group) is 1. The van der Waals surface area contributed by atoms with Crippen LogP contribution in [0, 0.1) is 5.92 Å². The Morgan fingerprint density at radius 1 is 1.28 bits per heavy atom. The Kier molecular flexibility index (Phi) is 8.75. The lowest BCUT2D eigenvalue weighted by Crippen LogP contribution is -2.47. The SMILES string of the molecule is CNC[C@H]1Oc2ccc(NC(=O)NC3CCCCC3)cc2CC(=O)N([C@H](C)CO)C[C@@H]1C. The van der Waals surface area contributed by atoms with Crippen molar-refractivity contribution >= 4 is 17.6 Å². The minimum atomic E-state index is -0.274. The third kappa shape index (κ3) is 6.36. The van der Waals surface area contributed by atoms with Crippen molar-refractivity contribution in [3.05, 3.63) is 23.8 Å². The second-order valence-electron chi connectivity index (χ2n) is 9.20. The fraction of sp³-hybridized carbons (Fsp3) is 0.667. The number of aliphatic hydroxyl groups is 1. The minimum Gasteiger partial charge on any atom is -0.488 e. The monoisotopic (exact) mass is 446 g/mol. The molecule has 0 saturated heterocycles. The molecule has 1 fully saturated rings. The van der Waals surface area contributed by atoms with Crippen LogP contribution in [0.5, 0.6) is 5.75 Å². The van der Waals surface area contributed by atoms with Gasteiger partial charge >= 0.3 is 6.03 Å². The molecular weight excluding hydrogens is 408 g/mol. The van der Waals surface area contributed by atoms with E-state index in [4.69, 9.17) is 4.74 Å². The first-order valence-electron chi connectivity index (χ1n) is 11.8. The van der Waals surface area contributed by atoms with Gasteiger partial charge in [-0.15, -0.1) is 0 Å². The van der Waals surface area contributed by atoms with Crippen LogP contribution < -0.4 is 20.7 Å². The maximum Gasteiger partial charge on any atom is 0.319 e. The van der Waals surface area contributed by atoms with Gasteiger partial charge in [0.1, 0.15) is 11.9 Å². The van der Waals surface area contributed by atoms with Gasteiger partial charge in [-0.3, -0.25) is 4.79 Å². The molecule has 3 rings (SSSR count). The van der Waals surface area contributed by atoms with E-state index in [2.05, 4.69) is 22.9 Å². The van der Waals surface area contributed by atoms with Crippen molar-refractivity contribution in [1.82, 2.24) is 15.5 Å². The van der Waals surface area contributed by atoms with Gasteiger partial charge in [-0.25, -0.2) is 4.79 Å². The number of nitrogens with zero attached hydrogens (tertiary/aromatic N) is 1. The maximum absolute atomic E-state index is 13.1. The summed E-state index contributed by atoms with van der Waals surface area (Å²) in [5.74, 6) is 0.671. The molecular formula is C24H38N4O4. The summed E-state index contributed by atoms with van der Waals surface area (Å²) < 4.78 is 6.33. The highest BCUT2D eigenvalue weighted by atomic mass is 16.5. The van der Waals surface area contributed by atoms with Gasteiger partial charge in [0.15, 0.2) is 0 Å². The molecule has 1 aliphatic carbocycles. The highest BCUT2D eigenvalue weighted by Crippen LogP contribution is 2.29. The lowest BCUT2D eigenvalue weighted by molar-refractivity contribution is -0.134. The van der Waals surface area contributed by atoms with E-state index in [1.54, 1.807) is 4.90 Å². The van der Waals surface area contributed by atoms with E-state index in [-0.39, 0.29) is 49.1 Å². The zero-order valence-electron chi connectivity index (χ0n) is 19.5. The van der Waals surface area contributed by atoms with Crippen LogP contribution >= 0.6 is 0 Å². The van der Waals surface area contributed by atoms with E-state index in [0.717, 1.165) is 31.2 Å². The minimum absolute atomic E-state index is 0.0582. The van der Waals surface area contributed by atoms with Gasteiger partial charge in [0.2, 0.25) is 5.91 Å². The summed E-state index contributed by atoms with van der Waals surface area (Å²) in [6, 6.07) is 5.20. The highest BCUT2D eigenvalue weighted by molar-refractivity contribution is 5.90. The molecule has 0 spiro atoms. The molecule has 8 heteroatoms. The summed E-state index contributed by atoms with van der Waals surface area (Å²) in [4.78, 5) is 27.4. The fourth-order valence-corrected chi connectivity index (χ4v) is 4.55. The second kappa shape index (κ2) is 11.5. The van der Waals surface area contributed by atoms with Crippen LogP contribution in [0.25, 0.3) is 0 Å². The predicted octanol–water partition coefficient (Wildman–Crippen LogP) is 2.51. The lowest BCUT2D eigenvalue weighted by atomic mass is 9.96. The molecule has 0 radical (unpaired) electrons. The summed E-state index contributed by atoms with van der Waals surface area (Å²) >= 11 is 0. The lowest BCUT2D eigenvalue weighted by Gasteiger charge is -2.32. The van der Waals surface area contributed by atoms with Crippen LogP contribution in [-0.2, 0) is 11.2 Å². The molecule has 1 saturated carbocycles.